The predicted molar refractivity (Wildman–Crippen MR) is 40.1 cm³/mol. The molecule has 1 rings (SSSR count). The molecule has 1 nitrogen and oxygen atoms in total. The maximum absolute atomic E-state index is 4.05. The molecule has 0 aliphatic carbocycles. The van der Waals surface area contributed by atoms with E-state index in [0.717, 1.165) is 0 Å². The molecule has 3 unspecified atom stereocenters. The van der Waals surface area contributed by atoms with Crippen LogP contribution >= 0.6 is 0 Å². The lowest BCUT2D eigenvalue weighted by atomic mass is 9.91. The Balaban J connectivity index is 2.35. The molecule has 0 aromatic rings. The second kappa shape index (κ2) is 2.70. The molecule has 53 valence electrons. The van der Waals surface area contributed by atoms with E-state index in [1.54, 1.807) is 0 Å². The van der Waals surface area contributed by atoms with E-state index in [0.29, 0.717) is 18.0 Å². The van der Waals surface area contributed by atoms with Gasteiger partial charge in [0.05, 0.1) is 0 Å². The number of nitrogens with one attached hydrogen (secondary N) is 1. The van der Waals surface area contributed by atoms with Crippen molar-refractivity contribution in [3.63, 3.8) is 0 Å². The van der Waals surface area contributed by atoms with Gasteiger partial charge in [-0.2, -0.15) is 0 Å². The van der Waals surface area contributed by atoms with Crippen molar-refractivity contribution in [3.8, 4) is 0 Å². The molecule has 0 saturated carbocycles. The highest BCUT2D eigenvalue weighted by Gasteiger charge is 2.19. The van der Waals surface area contributed by atoms with Gasteiger partial charge >= 0.3 is 0 Å². The molecule has 1 heterocycles. The summed E-state index contributed by atoms with van der Waals surface area (Å²) in [6.45, 7) is 8.50. The molecule has 1 radical (unpaired) electrons. The first-order valence-corrected chi connectivity index (χ1v) is 3.79. The molecule has 0 spiro atoms. The summed E-state index contributed by atoms with van der Waals surface area (Å²) in [4.78, 5) is 0. The molecular weight excluding hydrogens is 110 g/mol. The lowest BCUT2D eigenvalue weighted by Crippen LogP contribution is -2.43. The first-order chi connectivity index (χ1) is 4.20. The summed E-state index contributed by atoms with van der Waals surface area (Å²) < 4.78 is 0. The van der Waals surface area contributed by atoms with Crippen molar-refractivity contribution >= 4 is 0 Å². The summed E-state index contributed by atoms with van der Waals surface area (Å²) in [6, 6.07) is 1.33. The lowest BCUT2D eigenvalue weighted by molar-refractivity contribution is 0.291. The van der Waals surface area contributed by atoms with Crippen LogP contribution in [-0.2, 0) is 0 Å². The third-order valence-electron chi connectivity index (χ3n) is 2.22. The summed E-state index contributed by atoms with van der Waals surface area (Å²) in [5, 5.41) is 3.47. The zero-order valence-corrected chi connectivity index (χ0v) is 6.35. The average molecular weight is 126 g/mol. The van der Waals surface area contributed by atoms with Crippen LogP contribution in [0.15, 0.2) is 0 Å². The van der Waals surface area contributed by atoms with Crippen molar-refractivity contribution in [1.29, 1.82) is 0 Å². The van der Waals surface area contributed by atoms with Gasteiger partial charge < -0.3 is 5.32 Å². The van der Waals surface area contributed by atoms with E-state index in [2.05, 4.69) is 26.1 Å². The van der Waals surface area contributed by atoms with Crippen molar-refractivity contribution in [2.45, 2.75) is 38.8 Å². The van der Waals surface area contributed by atoms with E-state index in [9.17, 15) is 0 Å². The minimum atomic E-state index is 0.619. The van der Waals surface area contributed by atoms with E-state index < -0.39 is 0 Å². The predicted octanol–water partition coefficient (Wildman–Crippen LogP) is 1.60. The Labute approximate surface area is 57.8 Å². The Kier molecular flexibility index (Phi) is 2.12. The van der Waals surface area contributed by atoms with Crippen LogP contribution < -0.4 is 5.32 Å². The van der Waals surface area contributed by atoms with E-state index in [1.807, 2.05) is 0 Å². The van der Waals surface area contributed by atoms with Gasteiger partial charge in [-0.15, -0.1) is 0 Å². The van der Waals surface area contributed by atoms with E-state index >= 15 is 0 Å². The van der Waals surface area contributed by atoms with Gasteiger partial charge in [0.2, 0.25) is 0 Å². The van der Waals surface area contributed by atoms with Crippen LogP contribution in [0.1, 0.15) is 26.7 Å². The van der Waals surface area contributed by atoms with Crippen LogP contribution in [-0.4, -0.2) is 12.1 Å². The van der Waals surface area contributed by atoms with E-state index in [1.165, 1.54) is 12.8 Å². The molecule has 0 amide bonds. The van der Waals surface area contributed by atoms with Gasteiger partial charge in [-0.05, 0) is 39.5 Å². The smallest absolute Gasteiger partial charge is 0.00694 e. The fourth-order valence-corrected chi connectivity index (χ4v) is 1.38. The number of hydrogen-bond donors (Lipinski definition) is 1. The maximum atomic E-state index is 4.05. The Bertz CT molecular complexity index is 90.6. The molecule has 1 fully saturated rings. The summed E-state index contributed by atoms with van der Waals surface area (Å²) in [5.41, 5.74) is 0. The minimum Gasteiger partial charge on any atom is -0.312 e. The summed E-state index contributed by atoms with van der Waals surface area (Å²) >= 11 is 0. The normalized spacial score (nSPS) is 45.0. The van der Waals surface area contributed by atoms with E-state index in [-0.39, 0.29) is 0 Å². The molecule has 0 bridgehead atoms. The van der Waals surface area contributed by atoms with Gasteiger partial charge in [-0.3, -0.25) is 0 Å². The third-order valence-corrected chi connectivity index (χ3v) is 2.22. The molecule has 0 aromatic carbocycles. The van der Waals surface area contributed by atoms with Gasteiger partial charge in [-0.25, -0.2) is 0 Å². The molecule has 1 aliphatic heterocycles. The number of rotatable bonds is 0. The minimum absolute atomic E-state index is 0.619. The Hall–Kier alpha value is -0.0400. The standard InChI is InChI=1S/C8H16N/c1-6-4-5-7(2)9-8(6)3/h6-9H,1,4-5H2,2-3H3. The second-order valence-electron chi connectivity index (χ2n) is 3.19. The monoisotopic (exact) mass is 126 g/mol. The SMILES string of the molecule is [CH2]C1CCC(C)NC1C. The zero-order valence-electron chi connectivity index (χ0n) is 6.35. The van der Waals surface area contributed by atoms with Gasteiger partial charge in [0.25, 0.3) is 0 Å². The van der Waals surface area contributed by atoms with Gasteiger partial charge in [0, 0.05) is 12.1 Å². The third kappa shape index (κ3) is 1.68. The van der Waals surface area contributed by atoms with E-state index in [4.69, 9.17) is 0 Å². The van der Waals surface area contributed by atoms with Crippen molar-refractivity contribution in [3.05, 3.63) is 6.92 Å². The Morgan fingerprint density at radius 2 is 2.00 bits per heavy atom. The van der Waals surface area contributed by atoms with Crippen LogP contribution in [0.25, 0.3) is 0 Å². The highest BCUT2D eigenvalue weighted by atomic mass is 15.0. The van der Waals surface area contributed by atoms with Crippen molar-refractivity contribution in [1.82, 2.24) is 5.32 Å². The molecule has 1 saturated heterocycles. The number of piperidine rings is 1. The second-order valence-corrected chi connectivity index (χ2v) is 3.19. The van der Waals surface area contributed by atoms with Crippen LogP contribution in [0, 0.1) is 12.8 Å². The van der Waals surface area contributed by atoms with Gasteiger partial charge in [0.15, 0.2) is 0 Å². The van der Waals surface area contributed by atoms with Crippen LogP contribution in [0.2, 0.25) is 0 Å². The van der Waals surface area contributed by atoms with Crippen molar-refractivity contribution < 1.29 is 0 Å². The first-order valence-electron chi connectivity index (χ1n) is 3.79. The first kappa shape index (κ1) is 7.07. The molecule has 1 aliphatic rings. The largest absolute Gasteiger partial charge is 0.312 e. The fraction of sp³-hybridized carbons (Fsp3) is 0.875. The fourth-order valence-electron chi connectivity index (χ4n) is 1.38. The molecular formula is C8H16N. The van der Waals surface area contributed by atoms with Crippen LogP contribution in [0.5, 0.6) is 0 Å². The topological polar surface area (TPSA) is 12.0 Å². The molecule has 9 heavy (non-hydrogen) atoms. The highest BCUT2D eigenvalue weighted by molar-refractivity contribution is 4.82. The quantitative estimate of drug-likeness (QED) is 0.520. The summed E-state index contributed by atoms with van der Waals surface area (Å²) in [7, 11) is 0. The van der Waals surface area contributed by atoms with Gasteiger partial charge in [0.1, 0.15) is 0 Å². The van der Waals surface area contributed by atoms with Crippen LogP contribution in [0.4, 0.5) is 0 Å². The maximum Gasteiger partial charge on any atom is 0.00694 e. The summed E-state index contributed by atoms with van der Waals surface area (Å²) in [5.74, 6) is 0.626. The average Bonchev–Trinajstić information content (AvgIpc) is 1.80. The Morgan fingerprint density at radius 1 is 1.33 bits per heavy atom. The number of hydrogen-bond acceptors (Lipinski definition) is 1. The Morgan fingerprint density at radius 3 is 2.44 bits per heavy atom. The molecule has 1 heteroatoms. The molecule has 3 atom stereocenters. The van der Waals surface area contributed by atoms with Crippen molar-refractivity contribution in [2.75, 3.05) is 0 Å². The molecule has 1 N–H and O–H groups in total. The van der Waals surface area contributed by atoms with Crippen molar-refractivity contribution in [2.24, 2.45) is 5.92 Å². The van der Waals surface area contributed by atoms with Gasteiger partial charge in [-0.1, -0.05) is 0 Å². The highest BCUT2D eigenvalue weighted by Crippen LogP contribution is 2.17. The van der Waals surface area contributed by atoms with Crippen LogP contribution in [0.3, 0.4) is 0 Å². The summed E-state index contributed by atoms with van der Waals surface area (Å²) in [6.07, 6.45) is 2.58. The lowest BCUT2D eigenvalue weighted by Gasteiger charge is -2.31. The molecule has 0 aromatic heterocycles. The zero-order chi connectivity index (χ0) is 6.85.